The minimum atomic E-state index is 0.910. The lowest BCUT2D eigenvalue weighted by molar-refractivity contribution is 0.239. The van der Waals surface area contributed by atoms with Crippen LogP contribution in [0.4, 0.5) is 0 Å². The molecule has 0 spiro atoms. The lowest BCUT2D eigenvalue weighted by Crippen LogP contribution is -1.88. The molecular formula is C33H66O. The van der Waals surface area contributed by atoms with Crippen molar-refractivity contribution in [3.8, 4) is 0 Å². The van der Waals surface area contributed by atoms with Crippen LogP contribution in [0.2, 0.25) is 0 Å². The van der Waals surface area contributed by atoms with Crippen LogP contribution in [0, 0.1) is 0 Å². The monoisotopic (exact) mass is 479 g/mol. The Bertz CT molecular complexity index is 362. The molecule has 0 amide bonds. The fourth-order valence-corrected chi connectivity index (χ4v) is 4.86. The smallest absolute Gasteiger partial charge is 0.0873 e. The topological polar surface area (TPSA) is 9.23 Å². The zero-order chi connectivity index (χ0) is 24.6. The Morgan fingerprint density at radius 1 is 0.353 bits per heavy atom. The molecule has 0 unspecified atom stereocenters. The van der Waals surface area contributed by atoms with Gasteiger partial charge in [0.1, 0.15) is 0 Å². The molecule has 0 radical (unpaired) electrons. The van der Waals surface area contributed by atoms with Crippen LogP contribution in [-0.4, -0.2) is 6.61 Å². The molecule has 204 valence electrons. The molecular weight excluding hydrogens is 412 g/mol. The second-order valence-corrected chi connectivity index (χ2v) is 10.9. The van der Waals surface area contributed by atoms with Gasteiger partial charge in [0.2, 0.25) is 0 Å². The number of allylic oxidation sites excluding steroid dienone is 1. The summed E-state index contributed by atoms with van der Waals surface area (Å²) in [6.45, 7) is 5.51. The van der Waals surface area contributed by atoms with Crippen molar-refractivity contribution in [1.82, 2.24) is 0 Å². The predicted molar refractivity (Wildman–Crippen MR) is 156 cm³/mol. The number of hydrogen-bond donors (Lipinski definition) is 0. The maximum atomic E-state index is 5.67. The van der Waals surface area contributed by atoms with Gasteiger partial charge in [0.15, 0.2) is 0 Å². The Balaban J connectivity index is 3.07. The molecule has 0 fully saturated rings. The first-order valence-electron chi connectivity index (χ1n) is 16.2. The van der Waals surface area contributed by atoms with Gasteiger partial charge in [0.05, 0.1) is 12.9 Å². The maximum absolute atomic E-state index is 5.67. The van der Waals surface area contributed by atoms with Crippen molar-refractivity contribution in [2.45, 2.75) is 194 Å². The first-order chi connectivity index (χ1) is 16.9. The van der Waals surface area contributed by atoms with E-state index in [0.29, 0.717) is 0 Å². The van der Waals surface area contributed by atoms with E-state index in [0.717, 1.165) is 6.61 Å². The standard InChI is InChI=1S/C33H66O/c1-3-5-7-9-11-13-15-17-19-21-23-25-27-29-31-33-34-32-30-28-26-24-22-20-18-16-14-12-10-8-6-4-2/h31,33H,3-30,32H2,1-2H3. The van der Waals surface area contributed by atoms with Gasteiger partial charge in [-0.15, -0.1) is 0 Å². The van der Waals surface area contributed by atoms with Crippen molar-refractivity contribution >= 4 is 0 Å². The van der Waals surface area contributed by atoms with Gasteiger partial charge in [-0.2, -0.15) is 0 Å². The Morgan fingerprint density at radius 2 is 0.647 bits per heavy atom. The van der Waals surface area contributed by atoms with E-state index in [4.69, 9.17) is 4.74 Å². The van der Waals surface area contributed by atoms with Crippen molar-refractivity contribution in [1.29, 1.82) is 0 Å². The molecule has 1 heteroatoms. The highest BCUT2D eigenvalue weighted by atomic mass is 16.5. The van der Waals surface area contributed by atoms with Crippen molar-refractivity contribution in [3.05, 3.63) is 12.3 Å². The van der Waals surface area contributed by atoms with Gasteiger partial charge >= 0.3 is 0 Å². The van der Waals surface area contributed by atoms with Crippen molar-refractivity contribution in [2.75, 3.05) is 6.61 Å². The van der Waals surface area contributed by atoms with E-state index in [1.54, 1.807) is 0 Å². The Labute approximate surface area is 217 Å². The molecule has 0 aromatic carbocycles. The van der Waals surface area contributed by atoms with Crippen LogP contribution in [-0.2, 0) is 4.74 Å². The molecule has 0 saturated carbocycles. The summed E-state index contributed by atoms with van der Waals surface area (Å²) in [6, 6.07) is 0. The van der Waals surface area contributed by atoms with Crippen molar-refractivity contribution in [2.24, 2.45) is 0 Å². The molecule has 0 bridgehead atoms. The van der Waals surface area contributed by atoms with Crippen LogP contribution < -0.4 is 0 Å². The molecule has 0 aliphatic carbocycles. The van der Waals surface area contributed by atoms with Crippen LogP contribution >= 0.6 is 0 Å². The number of ether oxygens (including phenoxy) is 1. The molecule has 0 N–H and O–H groups in total. The Kier molecular flexibility index (Phi) is 32.1. The second-order valence-electron chi connectivity index (χ2n) is 10.9. The normalized spacial score (nSPS) is 11.6. The largest absolute Gasteiger partial charge is 0.502 e. The molecule has 1 nitrogen and oxygen atoms in total. The highest BCUT2D eigenvalue weighted by Crippen LogP contribution is 2.14. The van der Waals surface area contributed by atoms with E-state index in [2.05, 4.69) is 19.9 Å². The molecule has 0 aliphatic rings. The molecule has 0 aliphatic heterocycles. The van der Waals surface area contributed by atoms with Crippen LogP contribution in [0.25, 0.3) is 0 Å². The minimum absolute atomic E-state index is 0.910. The molecule has 0 rings (SSSR count). The van der Waals surface area contributed by atoms with Crippen LogP contribution in [0.5, 0.6) is 0 Å². The summed E-state index contributed by atoms with van der Waals surface area (Å²) < 4.78 is 5.67. The maximum Gasteiger partial charge on any atom is 0.0873 e. The second kappa shape index (κ2) is 32.5. The third-order valence-electron chi connectivity index (χ3n) is 7.28. The van der Waals surface area contributed by atoms with Crippen LogP contribution in [0.15, 0.2) is 12.3 Å². The summed E-state index contributed by atoms with van der Waals surface area (Å²) in [5, 5.41) is 0. The first-order valence-corrected chi connectivity index (χ1v) is 16.2. The lowest BCUT2D eigenvalue weighted by Gasteiger charge is -2.04. The van der Waals surface area contributed by atoms with Gasteiger partial charge in [-0.1, -0.05) is 174 Å². The average molecular weight is 479 g/mol. The van der Waals surface area contributed by atoms with E-state index in [1.807, 2.05) is 6.26 Å². The van der Waals surface area contributed by atoms with Crippen molar-refractivity contribution < 1.29 is 4.74 Å². The summed E-state index contributed by atoms with van der Waals surface area (Å²) in [5.41, 5.74) is 0. The summed E-state index contributed by atoms with van der Waals surface area (Å²) in [6.07, 6.45) is 43.8. The fraction of sp³-hybridized carbons (Fsp3) is 0.939. The summed E-state index contributed by atoms with van der Waals surface area (Å²) in [5.74, 6) is 0. The minimum Gasteiger partial charge on any atom is -0.502 e. The van der Waals surface area contributed by atoms with Crippen LogP contribution in [0.1, 0.15) is 194 Å². The van der Waals surface area contributed by atoms with Gasteiger partial charge in [-0.3, -0.25) is 0 Å². The van der Waals surface area contributed by atoms with Gasteiger partial charge in [-0.25, -0.2) is 0 Å². The zero-order valence-electron chi connectivity index (χ0n) is 24.1. The summed E-state index contributed by atoms with van der Waals surface area (Å²) in [7, 11) is 0. The van der Waals surface area contributed by atoms with Crippen molar-refractivity contribution in [3.63, 3.8) is 0 Å². The third kappa shape index (κ3) is 31.5. The Morgan fingerprint density at radius 3 is 1.00 bits per heavy atom. The van der Waals surface area contributed by atoms with E-state index in [-0.39, 0.29) is 0 Å². The highest BCUT2D eigenvalue weighted by molar-refractivity contribution is 4.73. The number of rotatable bonds is 30. The first kappa shape index (κ1) is 33.5. The van der Waals surface area contributed by atoms with Gasteiger partial charge < -0.3 is 4.74 Å². The molecule has 0 atom stereocenters. The predicted octanol–water partition coefficient (Wildman–Crippen LogP) is 12.5. The summed E-state index contributed by atoms with van der Waals surface area (Å²) in [4.78, 5) is 0. The fourth-order valence-electron chi connectivity index (χ4n) is 4.86. The quantitative estimate of drug-likeness (QED) is 0.0736. The third-order valence-corrected chi connectivity index (χ3v) is 7.28. The summed E-state index contributed by atoms with van der Waals surface area (Å²) >= 11 is 0. The molecule has 0 heterocycles. The lowest BCUT2D eigenvalue weighted by atomic mass is 10.0. The van der Waals surface area contributed by atoms with Gasteiger partial charge in [0.25, 0.3) is 0 Å². The highest BCUT2D eigenvalue weighted by Gasteiger charge is 1.95. The zero-order valence-corrected chi connectivity index (χ0v) is 24.1. The number of hydrogen-bond acceptors (Lipinski definition) is 1. The van der Waals surface area contributed by atoms with Gasteiger partial charge in [0, 0.05) is 0 Å². The van der Waals surface area contributed by atoms with E-state index >= 15 is 0 Å². The van der Waals surface area contributed by atoms with Crippen LogP contribution in [0.3, 0.4) is 0 Å². The Hall–Kier alpha value is -0.460. The van der Waals surface area contributed by atoms with E-state index in [1.165, 1.54) is 180 Å². The molecule has 0 saturated heterocycles. The number of unbranched alkanes of at least 4 members (excludes halogenated alkanes) is 26. The average Bonchev–Trinajstić information content (AvgIpc) is 2.85. The van der Waals surface area contributed by atoms with E-state index < -0.39 is 0 Å². The van der Waals surface area contributed by atoms with Gasteiger partial charge in [-0.05, 0) is 25.3 Å². The van der Waals surface area contributed by atoms with E-state index in [9.17, 15) is 0 Å². The molecule has 34 heavy (non-hydrogen) atoms. The molecule has 0 aromatic heterocycles. The molecule has 0 aromatic rings. The SMILES string of the molecule is CCCCCCCCCCCCCCCC=COCCCCCCCCCCCCCCCC.